The maximum absolute atomic E-state index is 12.6. The summed E-state index contributed by atoms with van der Waals surface area (Å²) < 4.78 is 39.2. The summed E-state index contributed by atoms with van der Waals surface area (Å²) in [5.74, 6) is 0.0206. The molecule has 0 radical (unpaired) electrons. The Hall–Kier alpha value is -4.15. The molecule has 4 aromatic rings. The van der Waals surface area contributed by atoms with Crippen molar-refractivity contribution in [1.29, 1.82) is 0 Å². The molecule has 1 aromatic carbocycles. The molecule has 1 amide bonds. The molecule has 4 rings (SSSR count). The minimum absolute atomic E-state index is 0.0773. The third-order valence-electron chi connectivity index (χ3n) is 4.31. The first-order valence-corrected chi connectivity index (χ1v) is 9.01. The predicted octanol–water partition coefficient (Wildman–Crippen LogP) is 3.71. The van der Waals surface area contributed by atoms with Gasteiger partial charge in [0, 0.05) is 18.4 Å². The zero-order chi connectivity index (χ0) is 22.0. The zero-order valence-electron chi connectivity index (χ0n) is 15.8. The number of rotatable bonds is 5. The monoisotopic (exact) mass is 428 g/mol. The molecule has 11 heteroatoms. The average molecular weight is 428 g/mol. The van der Waals surface area contributed by atoms with Crippen LogP contribution in [0.4, 0.5) is 24.7 Å². The number of phenolic OH excluding ortho intramolecular Hbond substituents is 1. The third-order valence-corrected chi connectivity index (χ3v) is 4.31. The van der Waals surface area contributed by atoms with Crippen molar-refractivity contribution in [3.8, 4) is 5.75 Å². The summed E-state index contributed by atoms with van der Waals surface area (Å²) in [6.45, 7) is 0.188. The number of benzene rings is 1. The minimum atomic E-state index is -4.49. The van der Waals surface area contributed by atoms with E-state index in [1.165, 1.54) is 28.9 Å². The van der Waals surface area contributed by atoms with E-state index >= 15 is 0 Å². The number of carbonyl (C=O) groups excluding carboxylic acids is 1. The lowest BCUT2D eigenvalue weighted by Gasteiger charge is -2.09. The van der Waals surface area contributed by atoms with E-state index in [-0.39, 0.29) is 18.0 Å². The molecular formula is C20H15F3N6O2. The highest BCUT2D eigenvalue weighted by atomic mass is 19.4. The van der Waals surface area contributed by atoms with Gasteiger partial charge in [-0.05, 0) is 48.0 Å². The van der Waals surface area contributed by atoms with Gasteiger partial charge in [-0.1, -0.05) is 6.07 Å². The zero-order valence-corrected chi connectivity index (χ0v) is 15.8. The van der Waals surface area contributed by atoms with Crippen LogP contribution in [0.25, 0.3) is 5.65 Å². The first kappa shape index (κ1) is 20.1. The fourth-order valence-electron chi connectivity index (χ4n) is 2.75. The third kappa shape index (κ3) is 4.55. The van der Waals surface area contributed by atoms with Crippen molar-refractivity contribution in [2.45, 2.75) is 12.7 Å². The van der Waals surface area contributed by atoms with Gasteiger partial charge in [0.25, 0.3) is 5.91 Å². The molecule has 0 unspecified atom stereocenters. The van der Waals surface area contributed by atoms with Crippen molar-refractivity contribution in [2.75, 3.05) is 10.6 Å². The molecule has 0 spiro atoms. The van der Waals surface area contributed by atoms with E-state index in [0.29, 0.717) is 22.7 Å². The Bertz CT molecular complexity index is 1220. The largest absolute Gasteiger partial charge is 0.508 e. The second-order valence-corrected chi connectivity index (χ2v) is 6.54. The van der Waals surface area contributed by atoms with Crippen LogP contribution in [-0.2, 0) is 12.7 Å². The molecule has 0 aliphatic heterocycles. The van der Waals surface area contributed by atoms with Crippen LogP contribution in [-0.4, -0.2) is 30.6 Å². The van der Waals surface area contributed by atoms with Crippen molar-refractivity contribution in [3.05, 3.63) is 77.9 Å². The number of alkyl halides is 3. The van der Waals surface area contributed by atoms with Gasteiger partial charge in [-0.3, -0.25) is 9.78 Å². The van der Waals surface area contributed by atoms with E-state index in [9.17, 15) is 23.1 Å². The maximum atomic E-state index is 12.6. The van der Waals surface area contributed by atoms with Crippen LogP contribution in [0.2, 0.25) is 0 Å². The molecule has 0 atom stereocenters. The van der Waals surface area contributed by atoms with Gasteiger partial charge >= 0.3 is 6.18 Å². The minimum Gasteiger partial charge on any atom is -0.508 e. The van der Waals surface area contributed by atoms with Crippen molar-refractivity contribution in [2.24, 2.45) is 0 Å². The van der Waals surface area contributed by atoms with Gasteiger partial charge in [-0.15, -0.1) is 5.10 Å². The molecule has 158 valence electrons. The molecule has 0 saturated carbocycles. The van der Waals surface area contributed by atoms with Crippen LogP contribution in [0, 0.1) is 0 Å². The van der Waals surface area contributed by atoms with E-state index < -0.39 is 17.8 Å². The normalized spacial score (nSPS) is 11.5. The smallest absolute Gasteiger partial charge is 0.433 e. The number of carbonyl (C=O) groups is 1. The molecule has 0 saturated heterocycles. The lowest BCUT2D eigenvalue weighted by atomic mass is 10.2. The second kappa shape index (κ2) is 7.94. The highest BCUT2D eigenvalue weighted by molar-refractivity contribution is 6.03. The Morgan fingerprint density at radius 1 is 1.00 bits per heavy atom. The van der Waals surface area contributed by atoms with E-state index in [2.05, 4.69) is 25.7 Å². The predicted molar refractivity (Wildman–Crippen MR) is 106 cm³/mol. The number of halogens is 3. The number of hydrogen-bond acceptors (Lipinski definition) is 6. The lowest BCUT2D eigenvalue weighted by Crippen LogP contribution is -2.16. The Morgan fingerprint density at radius 3 is 2.45 bits per heavy atom. The van der Waals surface area contributed by atoms with Gasteiger partial charge in [0.1, 0.15) is 17.3 Å². The summed E-state index contributed by atoms with van der Waals surface area (Å²) in [6, 6.07) is 11.5. The number of fused-ring (bicyclic) bond motifs is 1. The molecule has 3 N–H and O–H groups in total. The van der Waals surface area contributed by atoms with Crippen LogP contribution in [0.15, 0.2) is 60.9 Å². The summed E-state index contributed by atoms with van der Waals surface area (Å²) in [5.41, 5.74) is 0.687. The number of nitrogens with zero attached hydrogens (tertiary/aromatic N) is 4. The van der Waals surface area contributed by atoms with Crippen molar-refractivity contribution in [1.82, 2.24) is 19.6 Å². The number of pyridine rings is 1. The van der Waals surface area contributed by atoms with Gasteiger partial charge in [-0.2, -0.15) is 13.2 Å². The molecule has 3 heterocycles. The van der Waals surface area contributed by atoms with Gasteiger partial charge in [-0.25, -0.2) is 9.50 Å². The van der Waals surface area contributed by atoms with Gasteiger partial charge < -0.3 is 15.7 Å². The van der Waals surface area contributed by atoms with E-state index in [4.69, 9.17) is 0 Å². The van der Waals surface area contributed by atoms with Gasteiger partial charge in [0.05, 0.1) is 6.20 Å². The van der Waals surface area contributed by atoms with Gasteiger partial charge in [0.2, 0.25) is 0 Å². The van der Waals surface area contributed by atoms with Crippen molar-refractivity contribution >= 4 is 23.1 Å². The second-order valence-electron chi connectivity index (χ2n) is 6.54. The first-order valence-electron chi connectivity index (χ1n) is 9.01. The molecule has 0 fully saturated rings. The number of phenols is 1. The number of imidazole rings is 1. The Morgan fingerprint density at radius 2 is 1.77 bits per heavy atom. The number of nitrogens with one attached hydrogen (secondary N) is 2. The standard InChI is InChI=1S/C20H15F3N6O2/c21-20(22,23)16-6-1-12(9-24-16)10-25-17-7-8-18-26-11-15(29(18)28-17)19(31)27-13-2-4-14(30)5-3-13/h1-9,11,30H,10H2,(H,25,28)(H,27,31). The number of aromatic nitrogens is 4. The lowest BCUT2D eigenvalue weighted by molar-refractivity contribution is -0.141. The molecule has 31 heavy (non-hydrogen) atoms. The Kier molecular flexibility index (Phi) is 5.15. The van der Waals surface area contributed by atoms with E-state index in [0.717, 1.165) is 12.3 Å². The molecule has 0 aliphatic carbocycles. The summed E-state index contributed by atoms with van der Waals surface area (Å²) in [7, 11) is 0. The Balaban J connectivity index is 1.48. The molecule has 3 aromatic heterocycles. The Labute approximate surface area is 173 Å². The molecular weight excluding hydrogens is 413 g/mol. The summed E-state index contributed by atoms with van der Waals surface area (Å²) >= 11 is 0. The maximum Gasteiger partial charge on any atom is 0.433 e. The SMILES string of the molecule is O=C(Nc1ccc(O)cc1)c1cnc2ccc(NCc3ccc(C(F)(F)F)nc3)nn12. The summed E-state index contributed by atoms with van der Waals surface area (Å²) in [6.07, 6.45) is -1.97. The number of anilines is 2. The summed E-state index contributed by atoms with van der Waals surface area (Å²) in [4.78, 5) is 20.1. The fraction of sp³-hybridized carbons (Fsp3) is 0.100. The number of hydrogen-bond donors (Lipinski definition) is 3. The van der Waals surface area contributed by atoms with Crippen LogP contribution in [0.3, 0.4) is 0 Å². The fourth-order valence-corrected chi connectivity index (χ4v) is 2.75. The molecule has 0 aliphatic rings. The van der Waals surface area contributed by atoms with Crippen molar-refractivity contribution < 1.29 is 23.1 Å². The highest BCUT2D eigenvalue weighted by Gasteiger charge is 2.31. The van der Waals surface area contributed by atoms with E-state index in [1.54, 1.807) is 24.3 Å². The summed E-state index contributed by atoms with van der Waals surface area (Å²) in [5, 5.41) is 19.3. The molecule has 0 bridgehead atoms. The van der Waals surface area contributed by atoms with Crippen LogP contribution < -0.4 is 10.6 Å². The highest BCUT2D eigenvalue weighted by Crippen LogP contribution is 2.27. The van der Waals surface area contributed by atoms with Crippen LogP contribution in [0.1, 0.15) is 21.7 Å². The topological polar surface area (TPSA) is 104 Å². The first-order chi connectivity index (χ1) is 14.8. The number of aromatic hydroxyl groups is 1. The van der Waals surface area contributed by atoms with Crippen LogP contribution in [0.5, 0.6) is 5.75 Å². The van der Waals surface area contributed by atoms with Crippen LogP contribution >= 0.6 is 0 Å². The van der Waals surface area contributed by atoms with Gasteiger partial charge in [0.15, 0.2) is 11.3 Å². The van der Waals surface area contributed by atoms with Crippen molar-refractivity contribution in [3.63, 3.8) is 0 Å². The van der Waals surface area contributed by atoms with E-state index in [1.807, 2.05) is 0 Å². The molecule has 8 nitrogen and oxygen atoms in total. The average Bonchev–Trinajstić information content (AvgIpc) is 3.17. The number of amides is 1. The quantitative estimate of drug-likeness (QED) is 0.419.